The van der Waals surface area contributed by atoms with Crippen molar-refractivity contribution in [1.29, 1.82) is 0 Å². The van der Waals surface area contributed by atoms with Crippen molar-refractivity contribution in [1.82, 2.24) is 9.78 Å². The summed E-state index contributed by atoms with van der Waals surface area (Å²) in [5, 5.41) is 3.98. The monoisotopic (exact) mass is 201 g/mol. The van der Waals surface area contributed by atoms with Crippen molar-refractivity contribution in [3.8, 4) is 0 Å². The van der Waals surface area contributed by atoms with Crippen LogP contribution in [-0.2, 0) is 16.4 Å². The zero-order chi connectivity index (χ0) is 9.47. The quantitative estimate of drug-likeness (QED) is 0.700. The lowest BCUT2D eigenvalue weighted by atomic mass is 10.2. The van der Waals surface area contributed by atoms with Gasteiger partial charge in [-0.3, -0.25) is 4.68 Å². The summed E-state index contributed by atoms with van der Waals surface area (Å²) in [6.07, 6.45) is 1.76. The molecule has 72 valence electrons. The number of nitrogen functional groups attached to an aromatic ring is 1. The Bertz CT molecular complexity index is 397. The minimum Gasteiger partial charge on any atom is -0.382 e. The highest BCUT2D eigenvalue weighted by atomic mass is 32.2. The van der Waals surface area contributed by atoms with Gasteiger partial charge in [0.25, 0.3) is 0 Å². The maximum atomic E-state index is 10.8. The molecule has 6 heteroatoms. The van der Waals surface area contributed by atoms with Crippen LogP contribution in [0.2, 0.25) is 0 Å². The Kier molecular flexibility index (Phi) is 1.80. The zero-order valence-corrected chi connectivity index (χ0v) is 7.87. The first-order chi connectivity index (χ1) is 6.05. The van der Waals surface area contributed by atoms with Crippen LogP contribution in [0.25, 0.3) is 0 Å². The van der Waals surface area contributed by atoms with E-state index in [1.165, 1.54) is 0 Å². The Morgan fingerprint density at radius 1 is 1.62 bits per heavy atom. The number of sulfone groups is 1. The van der Waals surface area contributed by atoms with Crippen LogP contribution < -0.4 is 5.73 Å². The molecule has 1 aliphatic rings. The van der Waals surface area contributed by atoms with E-state index in [9.17, 15) is 8.42 Å². The van der Waals surface area contributed by atoms with Gasteiger partial charge >= 0.3 is 0 Å². The first-order valence-electron chi connectivity index (χ1n) is 4.04. The fraction of sp³-hybridized carbons (Fsp3) is 0.571. The van der Waals surface area contributed by atoms with Crippen molar-refractivity contribution in [2.75, 3.05) is 17.2 Å². The van der Waals surface area contributed by atoms with E-state index in [0.29, 0.717) is 12.4 Å². The highest BCUT2D eigenvalue weighted by Crippen LogP contribution is 2.19. The van der Waals surface area contributed by atoms with Crippen molar-refractivity contribution in [3.63, 3.8) is 0 Å². The molecule has 1 aliphatic heterocycles. The van der Waals surface area contributed by atoms with Gasteiger partial charge in [-0.25, -0.2) is 8.42 Å². The van der Waals surface area contributed by atoms with E-state index in [0.717, 1.165) is 0 Å². The van der Waals surface area contributed by atoms with Crippen LogP contribution in [0.15, 0.2) is 12.3 Å². The lowest BCUT2D eigenvalue weighted by molar-refractivity contribution is 0.443. The molecule has 2 heterocycles. The van der Waals surface area contributed by atoms with E-state index in [1.54, 1.807) is 16.9 Å². The molecule has 1 saturated heterocycles. The lowest BCUT2D eigenvalue weighted by Gasteiger charge is -2.25. The molecule has 0 saturated carbocycles. The molecule has 0 unspecified atom stereocenters. The molecule has 5 nitrogen and oxygen atoms in total. The molecular weight excluding hydrogens is 190 g/mol. The molecule has 0 amide bonds. The molecule has 2 N–H and O–H groups in total. The standard InChI is InChI=1S/C7H11N3O2S/c8-7-1-2-10(9-7)3-6-4-13(11,12)5-6/h1-2,6H,3-5H2,(H2,8,9). The number of rotatable bonds is 2. The van der Waals surface area contributed by atoms with E-state index in [2.05, 4.69) is 5.10 Å². The average molecular weight is 201 g/mol. The second-order valence-electron chi connectivity index (χ2n) is 3.41. The van der Waals surface area contributed by atoms with E-state index in [1.807, 2.05) is 0 Å². The van der Waals surface area contributed by atoms with Gasteiger partial charge in [0.1, 0.15) is 5.82 Å². The molecule has 0 aliphatic carbocycles. The minimum absolute atomic E-state index is 0.212. The smallest absolute Gasteiger partial charge is 0.151 e. The molecule has 2 rings (SSSR count). The summed E-state index contributed by atoms with van der Waals surface area (Å²) >= 11 is 0. The van der Waals surface area contributed by atoms with Gasteiger partial charge < -0.3 is 5.73 Å². The van der Waals surface area contributed by atoms with E-state index < -0.39 is 9.84 Å². The molecular formula is C7H11N3O2S. The highest BCUT2D eigenvalue weighted by Gasteiger charge is 2.33. The van der Waals surface area contributed by atoms with Crippen LogP contribution in [0, 0.1) is 5.92 Å². The summed E-state index contributed by atoms with van der Waals surface area (Å²) in [7, 11) is -2.72. The Balaban J connectivity index is 1.94. The Labute approximate surface area is 76.5 Å². The summed E-state index contributed by atoms with van der Waals surface area (Å²) < 4.78 is 23.4. The summed E-state index contributed by atoms with van der Waals surface area (Å²) in [6.45, 7) is 0.649. The van der Waals surface area contributed by atoms with E-state index in [-0.39, 0.29) is 17.4 Å². The van der Waals surface area contributed by atoms with Crippen molar-refractivity contribution >= 4 is 15.7 Å². The SMILES string of the molecule is Nc1ccn(CC2CS(=O)(=O)C2)n1. The summed E-state index contributed by atoms with van der Waals surface area (Å²) in [4.78, 5) is 0. The molecule has 1 fully saturated rings. The van der Waals surface area contributed by atoms with Crippen LogP contribution in [0.1, 0.15) is 0 Å². The van der Waals surface area contributed by atoms with Crippen LogP contribution in [0.3, 0.4) is 0 Å². The van der Waals surface area contributed by atoms with Crippen molar-refractivity contribution in [2.24, 2.45) is 5.92 Å². The molecule has 0 aromatic carbocycles. The number of nitrogens with two attached hydrogens (primary N) is 1. The fourth-order valence-corrected chi connectivity index (χ4v) is 3.07. The summed E-state index contributed by atoms with van der Waals surface area (Å²) in [6, 6.07) is 1.70. The Hall–Kier alpha value is -1.04. The van der Waals surface area contributed by atoms with Crippen molar-refractivity contribution < 1.29 is 8.42 Å². The normalized spacial score (nSPS) is 21.2. The molecule has 13 heavy (non-hydrogen) atoms. The minimum atomic E-state index is -2.72. The predicted octanol–water partition coefficient (Wildman–Crippen LogP) is -0.490. The van der Waals surface area contributed by atoms with Crippen LogP contribution in [0.4, 0.5) is 5.82 Å². The van der Waals surface area contributed by atoms with Gasteiger partial charge in [0.15, 0.2) is 9.84 Å². The van der Waals surface area contributed by atoms with Gasteiger partial charge in [-0.05, 0) is 6.07 Å². The molecule has 0 spiro atoms. The maximum absolute atomic E-state index is 10.8. The van der Waals surface area contributed by atoms with Gasteiger partial charge in [-0.1, -0.05) is 0 Å². The molecule has 0 atom stereocenters. The highest BCUT2D eigenvalue weighted by molar-refractivity contribution is 7.92. The van der Waals surface area contributed by atoms with Crippen molar-refractivity contribution in [2.45, 2.75) is 6.54 Å². The zero-order valence-electron chi connectivity index (χ0n) is 7.05. The van der Waals surface area contributed by atoms with Gasteiger partial charge in [0.2, 0.25) is 0 Å². The molecule has 0 bridgehead atoms. The number of hydrogen-bond acceptors (Lipinski definition) is 4. The summed E-state index contributed by atoms with van der Waals surface area (Å²) in [5.74, 6) is 1.26. The number of aromatic nitrogens is 2. The predicted molar refractivity (Wildman–Crippen MR) is 48.8 cm³/mol. The lowest BCUT2D eigenvalue weighted by Crippen LogP contribution is -2.38. The third-order valence-electron chi connectivity index (χ3n) is 2.09. The Morgan fingerprint density at radius 3 is 2.77 bits per heavy atom. The number of hydrogen-bond donors (Lipinski definition) is 1. The largest absolute Gasteiger partial charge is 0.382 e. The first-order valence-corrected chi connectivity index (χ1v) is 5.87. The fourth-order valence-electron chi connectivity index (χ4n) is 1.52. The third-order valence-corrected chi connectivity index (χ3v) is 4.04. The van der Waals surface area contributed by atoms with Crippen molar-refractivity contribution in [3.05, 3.63) is 12.3 Å². The van der Waals surface area contributed by atoms with Gasteiger partial charge in [-0.15, -0.1) is 0 Å². The van der Waals surface area contributed by atoms with Gasteiger partial charge in [0, 0.05) is 18.7 Å². The molecule has 0 radical (unpaired) electrons. The second kappa shape index (κ2) is 2.73. The average Bonchev–Trinajstić information content (AvgIpc) is 2.31. The van der Waals surface area contributed by atoms with Gasteiger partial charge in [0.05, 0.1) is 11.5 Å². The summed E-state index contributed by atoms with van der Waals surface area (Å²) in [5.41, 5.74) is 5.42. The number of anilines is 1. The maximum Gasteiger partial charge on any atom is 0.151 e. The van der Waals surface area contributed by atoms with Crippen LogP contribution in [-0.4, -0.2) is 29.7 Å². The molecule has 1 aromatic rings. The first kappa shape index (κ1) is 8.55. The second-order valence-corrected chi connectivity index (χ2v) is 5.56. The number of nitrogens with zero attached hydrogens (tertiary/aromatic N) is 2. The Morgan fingerprint density at radius 2 is 2.31 bits per heavy atom. The topological polar surface area (TPSA) is 78.0 Å². The van der Waals surface area contributed by atoms with Crippen LogP contribution in [0.5, 0.6) is 0 Å². The molecule has 1 aromatic heterocycles. The van der Waals surface area contributed by atoms with Gasteiger partial charge in [-0.2, -0.15) is 5.10 Å². The van der Waals surface area contributed by atoms with Crippen LogP contribution >= 0.6 is 0 Å². The van der Waals surface area contributed by atoms with E-state index >= 15 is 0 Å². The third kappa shape index (κ3) is 1.82. The van der Waals surface area contributed by atoms with E-state index in [4.69, 9.17) is 5.73 Å².